The summed E-state index contributed by atoms with van der Waals surface area (Å²) in [4.78, 5) is 36.9. The summed E-state index contributed by atoms with van der Waals surface area (Å²) in [6.45, 7) is 4.35. The Morgan fingerprint density at radius 1 is 0.525 bits per heavy atom. The quantitative estimate of drug-likeness (QED) is 0.0200. The predicted octanol–water partition coefficient (Wildman–Crippen LogP) is 11.4. The average molecular weight is 822 g/mol. The molecule has 0 amide bonds. The van der Waals surface area contributed by atoms with Crippen LogP contribution in [0, 0.1) is 0 Å². The van der Waals surface area contributed by atoms with Gasteiger partial charge in [0.05, 0.1) is 40.3 Å². The number of hydrogen-bond acceptors (Lipinski definition) is 7. The molecule has 0 aromatic carbocycles. The number of carboxylic acid groups (broad SMARTS) is 1. The Hall–Kier alpha value is -3.75. The van der Waals surface area contributed by atoms with Gasteiger partial charge in [0.2, 0.25) is 0 Å². The summed E-state index contributed by atoms with van der Waals surface area (Å²) in [6, 6.07) is -0.738. The summed E-state index contributed by atoms with van der Waals surface area (Å²) in [6.07, 6.45) is 54.3. The molecule has 0 heterocycles. The van der Waals surface area contributed by atoms with E-state index in [1.807, 2.05) is 30.4 Å². The van der Waals surface area contributed by atoms with Crippen LogP contribution in [-0.2, 0) is 28.6 Å². The van der Waals surface area contributed by atoms with Crippen LogP contribution in [-0.4, -0.2) is 75.5 Å². The van der Waals surface area contributed by atoms with Crippen molar-refractivity contribution in [3.8, 4) is 0 Å². The van der Waals surface area contributed by atoms with Crippen LogP contribution in [0.4, 0.5) is 0 Å². The topological polar surface area (TPSA) is 102 Å². The van der Waals surface area contributed by atoms with E-state index in [-0.39, 0.29) is 49.1 Å². The smallest absolute Gasteiger partial charge is 0.306 e. The van der Waals surface area contributed by atoms with E-state index in [0.717, 1.165) is 103 Å². The van der Waals surface area contributed by atoms with Crippen LogP contribution in [0.5, 0.6) is 0 Å². The summed E-state index contributed by atoms with van der Waals surface area (Å²) in [5, 5.41) is 11.6. The molecule has 8 heteroatoms. The molecule has 0 saturated heterocycles. The monoisotopic (exact) mass is 822 g/mol. The van der Waals surface area contributed by atoms with Crippen molar-refractivity contribution in [2.24, 2.45) is 0 Å². The number of unbranched alkanes of at least 4 members (excludes halogenated alkanes) is 12. The molecule has 0 N–H and O–H groups in total. The lowest BCUT2D eigenvalue weighted by molar-refractivity contribution is -0.889. The summed E-state index contributed by atoms with van der Waals surface area (Å²) in [5.41, 5.74) is 0. The molecule has 0 aromatic heterocycles. The number of hydrogen-bond donors (Lipinski definition) is 0. The van der Waals surface area contributed by atoms with Crippen LogP contribution in [0.1, 0.15) is 155 Å². The van der Waals surface area contributed by atoms with E-state index in [2.05, 4.69) is 80.7 Å². The number of aliphatic carboxylic acids is 1. The maximum Gasteiger partial charge on any atom is 0.306 e. The van der Waals surface area contributed by atoms with Crippen molar-refractivity contribution in [2.75, 3.05) is 41.0 Å². The van der Waals surface area contributed by atoms with E-state index < -0.39 is 18.1 Å². The van der Waals surface area contributed by atoms with Crippen molar-refractivity contribution in [1.29, 1.82) is 0 Å². The largest absolute Gasteiger partial charge is 0.544 e. The number of likely N-dealkylation sites (N-methyl/N-ethyl adjacent to an activating group) is 1. The van der Waals surface area contributed by atoms with E-state index in [4.69, 9.17) is 14.2 Å². The number of rotatable bonds is 39. The third-order valence-electron chi connectivity index (χ3n) is 9.56. The first-order valence-electron chi connectivity index (χ1n) is 22.8. The standard InChI is InChI=1S/C51H83NO7/c1-6-8-10-12-14-16-18-20-22-23-24-25-26-28-29-31-33-35-37-39-41-49(53)58-46-47(45-57-44-43-48(51(55)56)52(3,4)5)59-50(54)42-40-38-36-34-32-30-27-21-19-17-15-13-11-9-7-2/h8-11,13-17,19-22,24-25,27,47-48H,6-7,12,18,23,26,28-46H2,1-5H3/b10-8+,11-9+,15-13+,16-14+,19-17+,22-20+,25-24+,27-21+. The first-order chi connectivity index (χ1) is 28.6. The fourth-order valence-corrected chi connectivity index (χ4v) is 6.07. The zero-order chi connectivity index (χ0) is 43.5. The molecule has 0 saturated carbocycles. The molecule has 2 unspecified atom stereocenters. The minimum Gasteiger partial charge on any atom is -0.544 e. The molecule has 0 fully saturated rings. The maximum atomic E-state index is 12.7. The fourth-order valence-electron chi connectivity index (χ4n) is 6.07. The number of allylic oxidation sites excluding steroid dienone is 16. The van der Waals surface area contributed by atoms with Gasteiger partial charge in [-0.1, -0.05) is 162 Å². The van der Waals surface area contributed by atoms with Crippen molar-refractivity contribution in [3.05, 3.63) is 97.2 Å². The highest BCUT2D eigenvalue weighted by atomic mass is 16.6. The van der Waals surface area contributed by atoms with Gasteiger partial charge in [0, 0.05) is 19.3 Å². The lowest BCUT2D eigenvalue weighted by Gasteiger charge is -2.34. The molecule has 0 bridgehead atoms. The van der Waals surface area contributed by atoms with Crippen LogP contribution >= 0.6 is 0 Å². The minimum absolute atomic E-state index is 0.0209. The molecule has 2 atom stereocenters. The van der Waals surface area contributed by atoms with Gasteiger partial charge in [0.25, 0.3) is 0 Å². The molecule has 334 valence electrons. The second kappa shape index (κ2) is 41.0. The van der Waals surface area contributed by atoms with Gasteiger partial charge >= 0.3 is 11.9 Å². The number of carbonyl (C=O) groups excluding carboxylic acids is 3. The van der Waals surface area contributed by atoms with E-state index in [1.165, 1.54) is 19.3 Å². The van der Waals surface area contributed by atoms with Crippen molar-refractivity contribution < 1.29 is 38.2 Å². The van der Waals surface area contributed by atoms with Gasteiger partial charge in [-0.2, -0.15) is 0 Å². The number of ether oxygens (including phenoxy) is 3. The molecule has 0 aliphatic carbocycles. The van der Waals surface area contributed by atoms with E-state index >= 15 is 0 Å². The molecular formula is C51H83NO7. The highest BCUT2D eigenvalue weighted by Crippen LogP contribution is 2.13. The zero-order valence-corrected chi connectivity index (χ0v) is 37.9. The first kappa shape index (κ1) is 55.2. The van der Waals surface area contributed by atoms with Crippen LogP contribution in [0.15, 0.2) is 97.2 Å². The molecule has 59 heavy (non-hydrogen) atoms. The lowest BCUT2D eigenvalue weighted by Crippen LogP contribution is -2.55. The Morgan fingerprint density at radius 3 is 1.53 bits per heavy atom. The summed E-state index contributed by atoms with van der Waals surface area (Å²) in [5.74, 6) is -1.79. The van der Waals surface area contributed by atoms with Gasteiger partial charge in [-0.3, -0.25) is 9.59 Å². The van der Waals surface area contributed by atoms with Crippen molar-refractivity contribution >= 4 is 17.9 Å². The highest BCUT2D eigenvalue weighted by molar-refractivity contribution is 5.70. The molecule has 0 aliphatic heterocycles. The second-order valence-corrected chi connectivity index (χ2v) is 16.0. The summed E-state index contributed by atoms with van der Waals surface area (Å²) in [7, 11) is 5.38. The molecule has 0 aromatic rings. The van der Waals surface area contributed by atoms with Crippen molar-refractivity contribution in [1.82, 2.24) is 0 Å². The maximum absolute atomic E-state index is 12.7. The SMILES string of the molecule is CC/C=C/C=C/C=C/C=C/CCCCCCCC(=O)OC(COCCC(C(=O)[O-])[N+](C)(C)C)COC(=O)CCCCCCCCC/C=C/C/C=C/C/C=C/C/C=C/CC. The summed E-state index contributed by atoms with van der Waals surface area (Å²) < 4.78 is 17.1. The summed E-state index contributed by atoms with van der Waals surface area (Å²) >= 11 is 0. The van der Waals surface area contributed by atoms with E-state index in [0.29, 0.717) is 6.42 Å². The van der Waals surface area contributed by atoms with Gasteiger partial charge in [0.1, 0.15) is 12.6 Å². The number of quaternary nitrogens is 1. The van der Waals surface area contributed by atoms with Crippen LogP contribution in [0.3, 0.4) is 0 Å². The van der Waals surface area contributed by atoms with Gasteiger partial charge in [-0.25, -0.2) is 0 Å². The number of carboxylic acids is 1. The fraction of sp³-hybridized carbons (Fsp3) is 0.627. The molecule has 8 nitrogen and oxygen atoms in total. The number of nitrogens with zero attached hydrogens (tertiary/aromatic N) is 1. The van der Waals surface area contributed by atoms with Crippen LogP contribution < -0.4 is 5.11 Å². The van der Waals surface area contributed by atoms with Crippen molar-refractivity contribution in [2.45, 2.75) is 167 Å². The Bertz CT molecular complexity index is 1280. The Morgan fingerprint density at radius 2 is 0.983 bits per heavy atom. The van der Waals surface area contributed by atoms with E-state index in [9.17, 15) is 19.5 Å². The van der Waals surface area contributed by atoms with Gasteiger partial charge in [0.15, 0.2) is 6.10 Å². The third kappa shape index (κ3) is 39.5. The van der Waals surface area contributed by atoms with Gasteiger partial charge < -0.3 is 28.6 Å². The first-order valence-corrected chi connectivity index (χ1v) is 22.8. The van der Waals surface area contributed by atoms with Gasteiger partial charge in [-0.05, 0) is 70.6 Å². The molecule has 0 spiro atoms. The predicted molar refractivity (Wildman–Crippen MR) is 245 cm³/mol. The third-order valence-corrected chi connectivity index (χ3v) is 9.56. The Balaban J connectivity index is 4.38. The Kier molecular flexibility index (Phi) is 38.4. The molecule has 0 aliphatic rings. The normalized spacial score (nSPS) is 13.8. The highest BCUT2D eigenvalue weighted by Gasteiger charge is 2.25. The Labute approximate surface area is 360 Å². The van der Waals surface area contributed by atoms with Gasteiger partial charge in [-0.15, -0.1) is 0 Å². The molecular weight excluding hydrogens is 739 g/mol. The van der Waals surface area contributed by atoms with Crippen LogP contribution in [0.2, 0.25) is 0 Å². The average Bonchev–Trinajstić information content (AvgIpc) is 3.19. The van der Waals surface area contributed by atoms with E-state index in [1.54, 1.807) is 21.1 Å². The van der Waals surface area contributed by atoms with Crippen molar-refractivity contribution in [3.63, 3.8) is 0 Å². The molecule has 0 rings (SSSR count). The number of esters is 2. The van der Waals surface area contributed by atoms with Crippen LogP contribution in [0.25, 0.3) is 0 Å². The lowest BCUT2D eigenvalue weighted by atomic mass is 10.1. The second-order valence-electron chi connectivity index (χ2n) is 16.0. The number of carbonyl (C=O) groups is 3. The zero-order valence-electron chi connectivity index (χ0n) is 37.9. The minimum atomic E-state index is -1.14. The molecule has 0 radical (unpaired) electrons.